The lowest BCUT2D eigenvalue weighted by atomic mass is 9.92. The van der Waals surface area contributed by atoms with Gasteiger partial charge in [-0.15, -0.1) is 0 Å². The van der Waals surface area contributed by atoms with Crippen molar-refractivity contribution >= 4 is 97.9 Å². The average Bonchev–Trinajstić information content (AvgIpc) is 1.05. The number of rotatable bonds is 16. The fourth-order valence-electron chi connectivity index (χ4n) is 11.8. The Morgan fingerprint density at radius 1 is 0.489 bits per heavy atom. The molecule has 0 bridgehead atoms. The summed E-state index contributed by atoms with van der Waals surface area (Å²) >= 11 is 9.76. The molecule has 12 rings (SSSR count). The Morgan fingerprint density at radius 2 is 0.826 bits per heavy atom. The summed E-state index contributed by atoms with van der Waals surface area (Å²) in [5.74, 6) is 0.0536. The molecular formula is C72H79BrClFN10O7. The van der Waals surface area contributed by atoms with E-state index in [1.54, 1.807) is 31.3 Å². The number of fused-ring (bicyclic) bond motifs is 4. The van der Waals surface area contributed by atoms with Gasteiger partial charge in [-0.05, 0) is 147 Å². The second-order valence-corrected chi connectivity index (χ2v) is 24.3. The van der Waals surface area contributed by atoms with E-state index in [0.29, 0.717) is 68.1 Å². The van der Waals surface area contributed by atoms with Crippen LogP contribution in [0, 0.1) is 5.95 Å². The summed E-state index contributed by atoms with van der Waals surface area (Å²) in [4.78, 5) is 106. The SMILES string of the molecule is CCC(=O)c1ccc(N2CCN(Cc3cnc4c(c3)CC(=O)C(CC)=C4)CC2)c(Cl)n1.CCC(=O)c1ccc(N2CCN(Cc3cnc4c(c3)CC(=O)C(CC)=C4)CC2)c(F)n1.CCC1=Cc2ncc(CBr)cc2CC1=O.CCC1=Cc2ncc(CO)cc2CC1=O. The Hall–Kier alpha value is -7.94. The lowest BCUT2D eigenvalue weighted by Crippen LogP contribution is -2.46. The van der Waals surface area contributed by atoms with Gasteiger partial charge in [0.2, 0.25) is 5.95 Å². The molecule has 6 aromatic rings. The molecule has 2 aliphatic heterocycles. The molecule has 0 radical (unpaired) electrons. The van der Waals surface area contributed by atoms with Crippen LogP contribution < -0.4 is 9.80 Å². The number of halogens is 3. The van der Waals surface area contributed by atoms with E-state index in [0.717, 1.165) is 179 Å². The Bertz CT molecular complexity index is 3670. The number of aliphatic hydroxyl groups is 1. The van der Waals surface area contributed by atoms with E-state index >= 15 is 0 Å². The van der Waals surface area contributed by atoms with E-state index in [4.69, 9.17) is 16.7 Å². The van der Waals surface area contributed by atoms with E-state index in [1.165, 1.54) is 0 Å². The van der Waals surface area contributed by atoms with Crippen molar-refractivity contribution < 1.29 is 38.3 Å². The van der Waals surface area contributed by atoms with Crippen LogP contribution in [0.2, 0.25) is 5.15 Å². The zero-order valence-corrected chi connectivity index (χ0v) is 55.6. The number of pyridine rings is 6. The highest BCUT2D eigenvalue weighted by molar-refractivity contribution is 9.08. The number of aliphatic hydroxyl groups excluding tert-OH is 1. The summed E-state index contributed by atoms with van der Waals surface area (Å²) in [6.45, 7) is 19.4. The van der Waals surface area contributed by atoms with Crippen LogP contribution in [0.25, 0.3) is 24.3 Å². The van der Waals surface area contributed by atoms with E-state index in [-0.39, 0.29) is 47.0 Å². The van der Waals surface area contributed by atoms with Gasteiger partial charge in [0.1, 0.15) is 11.4 Å². The Morgan fingerprint density at radius 3 is 1.17 bits per heavy atom. The van der Waals surface area contributed by atoms with E-state index < -0.39 is 5.95 Å². The van der Waals surface area contributed by atoms with Gasteiger partial charge < -0.3 is 14.9 Å². The first-order chi connectivity index (χ1) is 44.4. The highest BCUT2D eigenvalue weighted by Gasteiger charge is 2.27. The highest BCUT2D eigenvalue weighted by Crippen LogP contribution is 2.30. The fourth-order valence-corrected chi connectivity index (χ4v) is 12.4. The number of hydrogen-bond donors (Lipinski definition) is 1. The third-order valence-electron chi connectivity index (χ3n) is 17.3. The van der Waals surface area contributed by atoms with Crippen LogP contribution in [0.15, 0.2) is 95.6 Å². The van der Waals surface area contributed by atoms with E-state index in [1.807, 2.05) is 94.5 Å². The monoisotopic (exact) mass is 1330 g/mol. The summed E-state index contributed by atoms with van der Waals surface area (Å²) in [6, 6.07) is 15.0. The minimum absolute atomic E-state index is 0.0000341. The fraction of sp³-hybridized carbons (Fsp3) is 0.389. The van der Waals surface area contributed by atoms with Gasteiger partial charge >= 0.3 is 0 Å². The molecule has 0 saturated carbocycles. The number of carbonyl (C=O) groups is 6. The quantitative estimate of drug-likeness (QED) is 0.0542. The zero-order valence-electron chi connectivity index (χ0n) is 53.3. The van der Waals surface area contributed by atoms with Crippen molar-refractivity contribution in [1.29, 1.82) is 0 Å². The summed E-state index contributed by atoms with van der Waals surface area (Å²) in [7, 11) is 0. The molecule has 92 heavy (non-hydrogen) atoms. The second-order valence-electron chi connectivity index (χ2n) is 23.4. The molecule has 1 N–H and O–H groups in total. The van der Waals surface area contributed by atoms with Gasteiger partial charge in [-0.2, -0.15) is 4.39 Å². The molecule has 0 aromatic carbocycles. The number of allylic oxidation sites excluding steroid dienone is 4. The topological polar surface area (TPSA) is 213 Å². The van der Waals surface area contributed by atoms with Crippen molar-refractivity contribution in [2.75, 3.05) is 62.2 Å². The van der Waals surface area contributed by atoms with Crippen molar-refractivity contribution in [2.45, 2.75) is 131 Å². The normalized spacial score (nSPS) is 16.2. The summed E-state index contributed by atoms with van der Waals surface area (Å²) in [5.41, 5.74) is 17.1. The number of aromatic nitrogens is 6. The predicted octanol–water partition coefficient (Wildman–Crippen LogP) is 11.8. The summed E-state index contributed by atoms with van der Waals surface area (Å²) in [5, 5.41) is 10.1. The second kappa shape index (κ2) is 32.1. The number of anilines is 2. The van der Waals surface area contributed by atoms with Crippen LogP contribution in [-0.4, -0.2) is 132 Å². The van der Waals surface area contributed by atoms with Gasteiger partial charge in [-0.25, -0.2) is 9.97 Å². The number of ketones is 6. The molecule has 0 spiro atoms. The van der Waals surface area contributed by atoms with E-state index in [2.05, 4.69) is 78.7 Å². The number of piperazine rings is 2. The van der Waals surface area contributed by atoms with Crippen LogP contribution in [0.3, 0.4) is 0 Å². The molecule has 0 amide bonds. The number of hydrogen-bond acceptors (Lipinski definition) is 17. The number of alkyl halides is 1. The lowest BCUT2D eigenvalue weighted by molar-refractivity contribution is -0.115. The Kier molecular flexibility index (Phi) is 23.9. The minimum atomic E-state index is -0.587. The Labute approximate surface area is 551 Å². The van der Waals surface area contributed by atoms with Gasteiger partial charge in [0.15, 0.2) is 39.9 Å². The first kappa shape index (κ1) is 68.4. The van der Waals surface area contributed by atoms with Crippen molar-refractivity contribution in [3.63, 3.8) is 0 Å². The number of nitrogens with zero attached hydrogens (tertiary/aromatic N) is 10. The van der Waals surface area contributed by atoms with Crippen molar-refractivity contribution in [1.82, 2.24) is 39.7 Å². The third kappa shape index (κ3) is 17.0. The summed E-state index contributed by atoms with van der Waals surface area (Å²) in [6.07, 6.45) is 20.5. The molecule has 6 aromatic heterocycles. The molecule has 2 saturated heterocycles. The molecular weight excluding hydrogens is 1250 g/mol. The first-order valence-corrected chi connectivity index (χ1v) is 33.3. The van der Waals surface area contributed by atoms with Crippen molar-refractivity contribution in [3.8, 4) is 0 Å². The Balaban J connectivity index is 0.000000153. The van der Waals surface area contributed by atoms with Gasteiger partial charge in [0.25, 0.3) is 0 Å². The molecule has 480 valence electrons. The number of carbonyl (C=O) groups excluding carboxylic acids is 6. The van der Waals surface area contributed by atoms with Crippen molar-refractivity contribution in [3.05, 3.63) is 185 Å². The molecule has 6 aliphatic rings. The maximum absolute atomic E-state index is 14.5. The smallest absolute Gasteiger partial charge is 0.237 e. The largest absolute Gasteiger partial charge is 0.392 e. The van der Waals surface area contributed by atoms with Crippen LogP contribution in [-0.2, 0) is 69.9 Å². The maximum atomic E-state index is 14.5. The third-order valence-corrected chi connectivity index (χ3v) is 18.2. The standard InChI is InChI=1S/C24H27ClN4O2.C24H27FN4O2.C12H12BrNO.C12H13NO2/c2*1-3-17-12-20-18(13-23(17)31)11-16(14-26-20)15-28-7-9-29(10-8-28)21-6-5-19(22(30)4-2)27-24(21)25;1-2-9-4-11-10(5-12(9)15)3-8(6-13)7-14-11;1-2-9-4-11-10(5-12(9)15)3-8(7-14)6-13-11/h2*5-6,11-12,14H,3-4,7-10,13,15H2,1-2H3;3-4,7H,2,5-6H2,1H3;3-4,6,14H,2,5,7H2,1H3. The van der Waals surface area contributed by atoms with Gasteiger partial charge in [-0.1, -0.05) is 87.3 Å². The molecule has 8 heterocycles. The number of Topliss-reactive ketones (excluding diaryl/α,β-unsaturated/α-hetero) is 6. The average molecular weight is 1330 g/mol. The summed E-state index contributed by atoms with van der Waals surface area (Å²) < 4.78 is 14.5. The van der Waals surface area contributed by atoms with Crippen LogP contribution in [0.1, 0.15) is 168 Å². The molecule has 0 atom stereocenters. The van der Waals surface area contributed by atoms with Gasteiger partial charge in [0, 0.05) is 134 Å². The molecule has 4 aliphatic carbocycles. The van der Waals surface area contributed by atoms with Crippen LogP contribution >= 0.6 is 27.5 Å². The first-order valence-electron chi connectivity index (χ1n) is 31.8. The molecule has 17 nitrogen and oxygen atoms in total. The highest BCUT2D eigenvalue weighted by atomic mass is 79.9. The lowest BCUT2D eigenvalue weighted by Gasteiger charge is -2.36. The van der Waals surface area contributed by atoms with Crippen molar-refractivity contribution in [2.24, 2.45) is 0 Å². The predicted molar refractivity (Wildman–Crippen MR) is 361 cm³/mol. The maximum Gasteiger partial charge on any atom is 0.237 e. The minimum Gasteiger partial charge on any atom is -0.392 e. The van der Waals surface area contributed by atoms with Crippen LogP contribution in [0.5, 0.6) is 0 Å². The van der Waals surface area contributed by atoms with Gasteiger partial charge in [-0.3, -0.25) is 58.5 Å². The van der Waals surface area contributed by atoms with Crippen LogP contribution in [0.4, 0.5) is 15.8 Å². The molecule has 2 fully saturated rings. The zero-order chi connectivity index (χ0) is 65.6. The van der Waals surface area contributed by atoms with Gasteiger partial charge in [0.05, 0.1) is 40.8 Å². The molecule has 0 unspecified atom stereocenters. The van der Waals surface area contributed by atoms with E-state index in [9.17, 15) is 33.2 Å². The molecule has 20 heteroatoms.